The summed E-state index contributed by atoms with van der Waals surface area (Å²) >= 11 is 0. The Labute approximate surface area is 64.0 Å². The standard InChI is InChI=1S/C8H14NP/c1-3-4-5-8-7(2)6-9-10-8/h6,10H,3-5H2,1-2H3. The van der Waals surface area contributed by atoms with Crippen LogP contribution in [-0.4, -0.2) is 4.75 Å². The Balaban J connectivity index is 2.49. The smallest absolute Gasteiger partial charge is 0.0342 e. The normalized spacial score (nSPS) is 11.0. The van der Waals surface area contributed by atoms with Gasteiger partial charge in [0.05, 0.1) is 0 Å². The van der Waals surface area contributed by atoms with E-state index in [1.165, 1.54) is 24.8 Å². The first-order valence-corrected chi connectivity index (χ1v) is 4.78. The van der Waals surface area contributed by atoms with Crippen molar-refractivity contribution in [2.45, 2.75) is 33.1 Å². The lowest BCUT2D eigenvalue weighted by atomic mass is 10.2. The molecule has 2 heteroatoms. The molecular formula is C8H14NP. The van der Waals surface area contributed by atoms with Gasteiger partial charge in [-0.3, -0.25) is 0 Å². The predicted octanol–water partition coefficient (Wildman–Crippen LogP) is 2.76. The number of aromatic nitrogens is 1. The van der Waals surface area contributed by atoms with Crippen LogP contribution in [-0.2, 0) is 6.42 Å². The van der Waals surface area contributed by atoms with Crippen molar-refractivity contribution in [3.05, 3.63) is 17.1 Å². The number of hydrogen-bond donors (Lipinski definition) is 0. The van der Waals surface area contributed by atoms with Crippen molar-refractivity contribution >= 4 is 8.35 Å². The molecule has 0 amide bonds. The lowest BCUT2D eigenvalue weighted by Crippen LogP contribution is -1.80. The Morgan fingerprint density at radius 2 is 2.40 bits per heavy atom. The molecule has 1 unspecified atom stereocenters. The number of nitrogens with zero attached hydrogens (tertiary/aromatic N) is 1. The van der Waals surface area contributed by atoms with Crippen LogP contribution in [0.3, 0.4) is 0 Å². The summed E-state index contributed by atoms with van der Waals surface area (Å²) in [4.78, 5) is 0. The van der Waals surface area contributed by atoms with Crippen molar-refractivity contribution < 1.29 is 0 Å². The van der Waals surface area contributed by atoms with Crippen molar-refractivity contribution in [1.29, 1.82) is 0 Å². The number of unbranched alkanes of at least 4 members (excludes halogenated alkanes) is 1. The summed E-state index contributed by atoms with van der Waals surface area (Å²) in [5.74, 6) is 0. The largest absolute Gasteiger partial charge is 0.248 e. The van der Waals surface area contributed by atoms with E-state index in [0.29, 0.717) is 0 Å². The molecule has 1 atom stereocenters. The molecule has 0 saturated carbocycles. The fourth-order valence-electron chi connectivity index (χ4n) is 0.980. The summed E-state index contributed by atoms with van der Waals surface area (Å²) in [7, 11) is 0.739. The summed E-state index contributed by atoms with van der Waals surface area (Å²) in [6.45, 7) is 4.39. The maximum atomic E-state index is 4.23. The minimum absolute atomic E-state index is 0.739. The van der Waals surface area contributed by atoms with Crippen LogP contribution >= 0.6 is 8.35 Å². The van der Waals surface area contributed by atoms with Gasteiger partial charge in [-0.25, -0.2) is 4.75 Å². The van der Waals surface area contributed by atoms with Crippen LogP contribution < -0.4 is 0 Å². The number of hydrogen-bond acceptors (Lipinski definition) is 1. The SMILES string of the molecule is CCCCc1[pH]ncc1C. The van der Waals surface area contributed by atoms with E-state index in [9.17, 15) is 0 Å². The summed E-state index contributed by atoms with van der Waals surface area (Å²) in [5.41, 5.74) is 1.41. The van der Waals surface area contributed by atoms with Crippen LogP contribution in [0, 0.1) is 6.92 Å². The van der Waals surface area contributed by atoms with Gasteiger partial charge in [-0.05, 0) is 39.0 Å². The van der Waals surface area contributed by atoms with Gasteiger partial charge in [0.1, 0.15) is 0 Å². The fourth-order valence-corrected chi connectivity index (χ4v) is 1.92. The molecular weight excluding hydrogens is 141 g/mol. The maximum Gasteiger partial charge on any atom is 0.0342 e. The Kier molecular flexibility index (Phi) is 2.95. The second-order valence-corrected chi connectivity index (χ2v) is 3.72. The summed E-state index contributed by atoms with van der Waals surface area (Å²) in [6.07, 6.45) is 5.88. The highest BCUT2D eigenvalue weighted by Gasteiger charge is 1.96. The minimum atomic E-state index is 0.739. The van der Waals surface area contributed by atoms with Crippen LogP contribution in [0.1, 0.15) is 30.6 Å². The topological polar surface area (TPSA) is 12.9 Å². The Hall–Kier alpha value is -0.290. The average Bonchev–Trinajstić information content (AvgIpc) is 2.31. The predicted molar refractivity (Wildman–Crippen MR) is 47.1 cm³/mol. The first kappa shape index (κ1) is 7.81. The molecule has 0 radical (unpaired) electrons. The second-order valence-electron chi connectivity index (χ2n) is 2.64. The quantitative estimate of drug-likeness (QED) is 0.654. The summed E-state index contributed by atoms with van der Waals surface area (Å²) in [5, 5.41) is 1.57. The molecule has 0 saturated heterocycles. The molecule has 1 nitrogen and oxygen atoms in total. The monoisotopic (exact) mass is 155 g/mol. The van der Waals surface area contributed by atoms with Gasteiger partial charge >= 0.3 is 0 Å². The van der Waals surface area contributed by atoms with Gasteiger partial charge in [-0.2, -0.15) is 0 Å². The van der Waals surface area contributed by atoms with Gasteiger partial charge in [0.25, 0.3) is 0 Å². The Morgan fingerprint density at radius 3 is 2.90 bits per heavy atom. The van der Waals surface area contributed by atoms with E-state index < -0.39 is 0 Å². The zero-order chi connectivity index (χ0) is 7.40. The Bertz CT molecular complexity index is 193. The van der Waals surface area contributed by atoms with E-state index in [1.54, 1.807) is 5.30 Å². The van der Waals surface area contributed by atoms with Gasteiger partial charge in [0.15, 0.2) is 0 Å². The third-order valence-electron chi connectivity index (χ3n) is 1.71. The minimum Gasteiger partial charge on any atom is -0.248 e. The van der Waals surface area contributed by atoms with Gasteiger partial charge in [-0.1, -0.05) is 13.3 Å². The van der Waals surface area contributed by atoms with Crippen molar-refractivity contribution in [2.24, 2.45) is 0 Å². The first-order chi connectivity index (χ1) is 4.84. The molecule has 1 rings (SSSR count). The van der Waals surface area contributed by atoms with E-state index in [1.807, 2.05) is 6.20 Å². The third kappa shape index (κ3) is 1.85. The first-order valence-electron chi connectivity index (χ1n) is 3.83. The average molecular weight is 155 g/mol. The van der Waals surface area contributed by atoms with Crippen molar-refractivity contribution in [3.63, 3.8) is 0 Å². The highest BCUT2D eigenvalue weighted by atomic mass is 31.0. The molecule has 0 bridgehead atoms. The van der Waals surface area contributed by atoms with E-state index in [-0.39, 0.29) is 0 Å². The molecule has 0 N–H and O–H groups in total. The van der Waals surface area contributed by atoms with E-state index in [4.69, 9.17) is 0 Å². The van der Waals surface area contributed by atoms with Crippen molar-refractivity contribution in [3.8, 4) is 0 Å². The highest BCUT2D eigenvalue weighted by Crippen LogP contribution is 2.18. The highest BCUT2D eigenvalue weighted by molar-refractivity contribution is 7.26. The molecule has 0 aliphatic heterocycles. The van der Waals surface area contributed by atoms with E-state index >= 15 is 0 Å². The molecule has 0 aliphatic carbocycles. The van der Waals surface area contributed by atoms with Crippen LogP contribution in [0.25, 0.3) is 0 Å². The number of aryl methyl sites for hydroxylation is 2. The fraction of sp³-hybridized carbons (Fsp3) is 0.625. The van der Waals surface area contributed by atoms with E-state index in [0.717, 1.165) is 8.35 Å². The molecule has 1 aromatic rings. The zero-order valence-electron chi connectivity index (χ0n) is 6.65. The van der Waals surface area contributed by atoms with Crippen LogP contribution in [0.4, 0.5) is 0 Å². The van der Waals surface area contributed by atoms with Gasteiger partial charge < -0.3 is 0 Å². The zero-order valence-corrected chi connectivity index (χ0v) is 7.65. The molecule has 56 valence electrons. The van der Waals surface area contributed by atoms with Gasteiger partial charge in [0.2, 0.25) is 0 Å². The van der Waals surface area contributed by atoms with Crippen molar-refractivity contribution in [2.75, 3.05) is 0 Å². The van der Waals surface area contributed by atoms with Crippen molar-refractivity contribution in [1.82, 2.24) is 4.75 Å². The molecule has 0 fully saturated rings. The number of rotatable bonds is 3. The second kappa shape index (κ2) is 3.78. The van der Waals surface area contributed by atoms with Gasteiger partial charge in [-0.15, -0.1) is 0 Å². The molecule has 0 aliphatic rings. The molecule has 1 heterocycles. The molecule has 0 spiro atoms. The lowest BCUT2D eigenvalue weighted by Gasteiger charge is -1.94. The lowest BCUT2D eigenvalue weighted by molar-refractivity contribution is 0.801. The molecule has 1 aromatic heterocycles. The maximum absolute atomic E-state index is 4.23. The van der Waals surface area contributed by atoms with E-state index in [2.05, 4.69) is 18.6 Å². The molecule has 10 heavy (non-hydrogen) atoms. The van der Waals surface area contributed by atoms with Crippen LogP contribution in [0.15, 0.2) is 6.20 Å². The summed E-state index contributed by atoms with van der Waals surface area (Å²) in [6, 6.07) is 0. The third-order valence-corrected chi connectivity index (χ3v) is 2.89. The van der Waals surface area contributed by atoms with Gasteiger partial charge in [0, 0.05) is 6.20 Å². The van der Waals surface area contributed by atoms with Crippen LogP contribution in [0.2, 0.25) is 0 Å². The summed E-state index contributed by atoms with van der Waals surface area (Å²) < 4.78 is 4.23. The molecule has 0 aromatic carbocycles. The Morgan fingerprint density at radius 1 is 1.60 bits per heavy atom. The van der Waals surface area contributed by atoms with Crippen LogP contribution in [0.5, 0.6) is 0 Å².